The summed E-state index contributed by atoms with van der Waals surface area (Å²) in [6.45, 7) is 1.48. The molecule has 2 aromatic carbocycles. The van der Waals surface area contributed by atoms with Crippen molar-refractivity contribution in [2.45, 2.75) is 25.1 Å². The number of nitrogens with one attached hydrogen (secondary N) is 1. The van der Waals surface area contributed by atoms with E-state index in [1.807, 2.05) is 11.0 Å². The minimum atomic E-state index is -0.851. The molecule has 0 radical (unpaired) electrons. The third kappa shape index (κ3) is 4.67. The molecule has 1 unspecified atom stereocenters. The number of alkyl halides is 1. The maximum atomic E-state index is 13.7. The number of oxazole rings is 1. The van der Waals surface area contributed by atoms with E-state index >= 15 is 0 Å². The first-order valence-electron chi connectivity index (χ1n) is 10.2. The molecular formula is C23H23FN4O3. The van der Waals surface area contributed by atoms with Gasteiger partial charge in [-0.1, -0.05) is 18.2 Å². The van der Waals surface area contributed by atoms with Crippen molar-refractivity contribution in [3.63, 3.8) is 0 Å². The van der Waals surface area contributed by atoms with Crippen molar-refractivity contribution in [1.29, 1.82) is 5.26 Å². The molecule has 2 atom stereocenters. The van der Waals surface area contributed by atoms with Gasteiger partial charge in [-0.15, -0.1) is 0 Å². The number of benzene rings is 2. The van der Waals surface area contributed by atoms with Crippen LogP contribution in [-0.2, 0) is 11.2 Å². The van der Waals surface area contributed by atoms with Gasteiger partial charge in [-0.25, -0.2) is 9.18 Å². The van der Waals surface area contributed by atoms with E-state index in [0.29, 0.717) is 42.7 Å². The Morgan fingerprint density at radius 3 is 2.97 bits per heavy atom. The molecule has 160 valence electrons. The standard InChI is InChI=1S/C23H23FN4O3/c1-27(22(29)11-15-5-6-21-19(10-15)26-23(30)31-21)20(14-28-8-7-18(24)13-28)17-4-2-3-16(9-17)12-25/h2-6,9-10,18,20H,7-8,11,13-14H2,1H3,(H,26,30)/t18?,20-/m1/s1. The summed E-state index contributed by atoms with van der Waals surface area (Å²) in [4.78, 5) is 30.8. The maximum absolute atomic E-state index is 13.7. The molecule has 4 rings (SSSR count). The van der Waals surface area contributed by atoms with E-state index in [1.54, 1.807) is 48.3 Å². The van der Waals surface area contributed by atoms with Gasteiger partial charge in [0.15, 0.2) is 5.58 Å². The van der Waals surface area contributed by atoms with Gasteiger partial charge in [0.2, 0.25) is 5.91 Å². The van der Waals surface area contributed by atoms with Gasteiger partial charge in [-0.3, -0.25) is 14.7 Å². The van der Waals surface area contributed by atoms with Gasteiger partial charge in [-0.2, -0.15) is 5.26 Å². The number of H-pyrrole nitrogens is 1. The summed E-state index contributed by atoms with van der Waals surface area (Å²) >= 11 is 0. The third-order valence-electron chi connectivity index (χ3n) is 5.75. The fraction of sp³-hybridized carbons (Fsp3) is 0.348. The van der Waals surface area contributed by atoms with Crippen LogP contribution in [0.5, 0.6) is 0 Å². The van der Waals surface area contributed by atoms with Crippen LogP contribution in [0.15, 0.2) is 51.7 Å². The highest BCUT2D eigenvalue weighted by molar-refractivity contribution is 5.81. The molecule has 7 nitrogen and oxygen atoms in total. The Morgan fingerprint density at radius 1 is 1.39 bits per heavy atom. The fourth-order valence-electron chi connectivity index (χ4n) is 4.05. The highest BCUT2D eigenvalue weighted by Gasteiger charge is 2.29. The second-order valence-electron chi connectivity index (χ2n) is 7.93. The quantitative estimate of drug-likeness (QED) is 0.659. The lowest BCUT2D eigenvalue weighted by Gasteiger charge is -2.32. The van der Waals surface area contributed by atoms with Crippen LogP contribution in [0.1, 0.15) is 29.2 Å². The Hall–Kier alpha value is -3.44. The van der Waals surface area contributed by atoms with Crippen LogP contribution >= 0.6 is 0 Å². The molecule has 1 amide bonds. The molecule has 1 aliphatic rings. The summed E-state index contributed by atoms with van der Waals surface area (Å²) < 4.78 is 18.7. The zero-order chi connectivity index (χ0) is 22.0. The highest BCUT2D eigenvalue weighted by Crippen LogP contribution is 2.25. The van der Waals surface area contributed by atoms with Crippen molar-refractivity contribution in [3.8, 4) is 6.07 Å². The van der Waals surface area contributed by atoms with Crippen LogP contribution in [0.3, 0.4) is 0 Å². The molecule has 31 heavy (non-hydrogen) atoms. The molecule has 0 aliphatic carbocycles. The zero-order valence-electron chi connectivity index (χ0n) is 17.2. The van der Waals surface area contributed by atoms with Crippen molar-refractivity contribution in [2.24, 2.45) is 0 Å². The molecule has 1 fully saturated rings. The first-order chi connectivity index (χ1) is 14.9. The van der Waals surface area contributed by atoms with Gasteiger partial charge in [0.1, 0.15) is 6.17 Å². The Labute approximate surface area is 178 Å². The Balaban J connectivity index is 1.56. The summed E-state index contributed by atoms with van der Waals surface area (Å²) in [5.41, 5.74) is 3.09. The first-order valence-corrected chi connectivity index (χ1v) is 10.2. The average Bonchev–Trinajstić information content (AvgIpc) is 3.35. The summed E-state index contributed by atoms with van der Waals surface area (Å²) in [7, 11) is 1.73. The highest BCUT2D eigenvalue weighted by atomic mass is 19.1. The summed E-state index contributed by atoms with van der Waals surface area (Å²) in [5.74, 6) is -0.654. The van der Waals surface area contributed by atoms with Crippen molar-refractivity contribution < 1.29 is 13.6 Å². The molecule has 0 spiro atoms. The van der Waals surface area contributed by atoms with Crippen LogP contribution in [-0.4, -0.2) is 53.5 Å². The maximum Gasteiger partial charge on any atom is 0.417 e. The van der Waals surface area contributed by atoms with E-state index in [9.17, 15) is 19.2 Å². The lowest BCUT2D eigenvalue weighted by Crippen LogP contribution is -2.39. The summed E-state index contributed by atoms with van der Waals surface area (Å²) in [6, 6.07) is 14.1. The van der Waals surface area contributed by atoms with Crippen molar-refractivity contribution in [3.05, 3.63) is 69.7 Å². The van der Waals surface area contributed by atoms with Crippen molar-refractivity contribution in [1.82, 2.24) is 14.8 Å². The Bertz CT molecular complexity index is 1200. The van der Waals surface area contributed by atoms with Gasteiger partial charge in [-0.05, 0) is 41.8 Å². The lowest BCUT2D eigenvalue weighted by molar-refractivity contribution is -0.131. The minimum Gasteiger partial charge on any atom is -0.408 e. The number of likely N-dealkylation sites (N-methyl/N-ethyl adjacent to an activating group) is 1. The number of amides is 1. The normalized spacial score (nSPS) is 17.5. The number of rotatable bonds is 6. The molecule has 2 heterocycles. The van der Waals surface area contributed by atoms with E-state index in [1.165, 1.54) is 0 Å². The van der Waals surface area contributed by atoms with Gasteiger partial charge in [0.05, 0.1) is 29.6 Å². The van der Waals surface area contributed by atoms with E-state index in [2.05, 4.69) is 11.1 Å². The topological polar surface area (TPSA) is 93.3 Å². The van der Waals surface area contributed by atoms with Gasteiger partial charge in [0.25, 0.3) is 0 Å². The number of carbonyl (C=O) groups excluding carboxylic acids is 1. The third-order valence-corrected chi connectivity index (χ3v) is 5.75. The Morgan fingerprint density at radius 2 is 2.23 bits per heavy atom. The lowest BCUT2D eigenvalue weighted by atomic mass is 10.0. The summed E-state index contributed by atoms with van der Waals surface area (Å²) in [6.07, 6.45) is -0.221. The van der Waals surface area contributed by atoms with Crippen LogP contribution < -0.4 is 5.76 Å². The predicted octanol–water partition coefficient (Wildman–Crippen LogP) is 2.78. The van der Waals surface area contributed by atoms with Gasteiger partial charge >= 0.3 is 5.76 Å². The second-order valence-corrected chi connectivity index (χ2v) is 7.93. The number of likely N-dealkylation sites (tertiary alicyclic amines) is 1. The molecular weight excluding hydrogens is 399 g/mol. The largest absolute Gasteiger partial charge is 0.417 e. The molecule has 1 aromatic heterocycles. The Kier molecular flexibility index (Phi) is 5.87. The van der Waals surface area contributed by atoms with Crippen molar-refractivity contribution in [2.75, 3.05) is 26.7 Å². The van der Waals surface area contributed by atoms with E-state index in [0.717, 1.165) is 11.1 Å². The zero-order valence-corrected chi connectivity index (χ0v) is 17.2. The summed E-state index contributed by atoms with van der Waals surface area (Å²) in [5, 5.41) is 9.27. The number of aromatic nitrogens is 1. The van der Waals surface area contributed by atoms with Gasteiger partial charge < -0.3 is 9.32 Å². The average molecular weight is 422 g/mol. The molecule has 1 aliphatic heterocycles. The number of nitrogens with zero attached hydrogens (tertiary/aromatic N) is 3. The van der Waals surface area contributed by atoms with E-state index in [4.69, 9.17) is 4.42 Å². The number of carbonyl (C=O) groups is 1. The predicted molar refractivity (Wildman–Crippen MR) is 113 cm³/mol. The SMILES string of the molecule is CN(C(=O)Cc1ccc2oc(=O)[nH]c2c1)[C@H](CN1CCC(F)C1)c1cccc(C#N)c1. The molecule has 1 N–H and O–H groups in total. The van der Waals surface area contributed by atoms with Crippen LogP contribution in [0.25, 0.3) is 11.1 Å². The first kappa shape index (κ1) is 20.8. The number of nitriles is 1. The smallest absolute Gasteiger partial charge is 0.408 e. The fourth-order valence-corrected chi connectivity index (χ4v) is 4.05. The second kappa shape index (κ2) is 8.74. The van der Waals surface area contributed by atoms with Crippen LogP contribution in [0, 0.1) is 11.3 Å². The van der Waals surface area contributed by atoms with E-state index < -0.39 is 11.9 Å². The van der Waals surface area contributed by atoms with E-state index in [-0.39, 0.29) is 18.4 Å². The number of halogens is 1. The van der Waals surface area contributed by atoms with Crippen molar-refractivity contribution >= 4 is 17.0 Å². The molecule has 0 saturated carbocycles. The monoisotopic (exact) mass is 422 g/mol. The van der Waals surface area contributed by atoms with Crippen LogP contribution in [0.2, 0.25) is 0 Å². The number of fused-ring (bicyclic) bond motifs is 1. The van der Waals surface area contributed by atoms with Crippen LogP contribution in [0.4, 0.5) is 4.39 Å². The molecule has 8 heteroatoms. The number of aromatic amines is 1. The number of hydrogen-bond donors (Lipinski definition) is 1. The number of hydrogen-bond acceptors (Lipinski definition) is 5. The molecule has 3 aromatic rings. The molecule has 1 saturated heterocycles. The molecule has 0 bridgehead atoms. The van der Waals surface area contributed by atoms with Gasteiger partial charge in [0, 0.05) is 26.7 Å². The minimum absolute atomic E-state index is 0.117.